The highest BCUT2D eigenvalue weighted by molar-refractivity contribution is 5.79. The zero-order valence-corrected chi connectivity index (χ0v) is 13.9. The normalized spacial score (nSPS) is 11.6. The second kappa shape index (κ2) is 7.14. The first-order chi connectivity index (χ1) is 10.8. The maximum absolute atomic E-state index is 11.7. The molecule has 2 aromatic rings. The summed E-state index contributed by atoms with van der Waals surface area (Å²) in [5.74, 6) is -0.229. The molecule has 0 saturated heterocycles. The Morgan fingerprint density at radius 2 is 1.83 bits per heavy atom. The van der Waals surface area contributed by atoms with Gasteiger partial charge in [-0.25, -0.2) is 0 Å². The molecular formula is C20H23NO2. The van der Waals surface area contributed by atoms with Gasteiger partial charge in [-0.05, 0) is 44.0 Å². The number of rotatable bonds is 4. The number of nitrogen functional groups attached to an aromatic ring is 1. The summed E-state index contributed by atoms with van der Waals surface area (Å²) in [6, 6.07) is 15.8. The maximum Gasteiger partial charge on any atom is 0.310 e. The van der Waals surface area contributed by atoms with Gasteiger partial charge in [0.05, 0.1) is 6.42 Å². The van der Waals surface area contributed by atoms with Crippen molar-refractivity contribution in [1.82, 2.24) is 0 Å². The van der Waals surface area contributed by atoms with Crippen LogP contribution in [0.5, 0.6) is 0 Å². The molecule has 0 aliphatic heterocycles. The lowest BCUT2D eigenvalue weighted by Crippen LogP contribution is -2.23. The van der Waals surface area contributed by atoms with Crippen LogP contribution >= 0.6 is 0 Å². The van der Waals surface area contributed by atoms with Crippen LogP contribution in [-0.4, -0.2) is 11.6 Å². The van der Waals surface area contributed by atoms with E-state index in [4.69, 9.17) is 10.5 Å². The third-order valence-corrected chi connectivity index (χ3v) is 3.18. The summed E-state index contributed by atoms with van der Waals surface area (Å²) in [5, 5.41) is 0. The molecule has 0 unspecified atom stereocenters. The van der Waals surface area contributed by atoms with Crippen molar-refractivity contribution in [2.75, 3.05) is 5.73 Å². The molecule has 2 aromatic carbocycles. The zero-order chi connectivity index (χ0) is 16.9. The number of hydrogen-bond donors (Lipinski definition) is 1. The smallest absolute Gasteiger partial charge is 0.310 e. The topological polar surface area (TPSA) is 52.3 Å². The Morgan fingerprint density at radius 1 is 1.13 bits per heavy atom. The van der Waals surface area contributed by atoms with Crippen LogP contribution in [0.25, 0.3) is 17.2 Å². The Hall–Kier alpha value is -2.55. The molecule has 2 rings (SSSR count). The van der Waals surface area contributed by atoms with Gasteiger partial charge >= 0.3 is 5.97 Å². The fourth-order valence-electron chi connectivity index (χ4n) is 2.22. The molecule has 0 bridgehead atoms. The van der Waals surface area contributed by atoms with Crippen LogP contribution < -0.4 is 5.73 Å². The average Bonchev–Trinajstić information content (AvgIpc) is 2.48. The average molecular weight is 309 g/mol. The molecule has 0 heterocycles. The summed E-state index contributed by atoms with van der Waals surface area (Å²) in [6.45, 7) is 5.59. The SMILES string of the molecule is CC(C)(C)OC(=O)CC=Cc1ccc(N)c(-c2ccccc2)c1. The van der Waals surface area contributed by atoms with E-state index in [-0.39, 0.29) is 12.4 Å². The molecule has 3 heteroatoms. The van der Waals surface area contributed by atoms with Crippen molar-refractivity contribution in [2.45, 2.75) is 32.8 Å². The van der Waals surface area contributed by atoms with Crippen molar-refractivity contribution < 1.29 is 9.53 Å². The highest BCUT2D eigenvalue weighted by Gasteiger charge is 2.14. The lowest BCUT2D eigenvalue weighted by atomic mass is 10.0. The van der Waals surface area contributed by atoms with Crippen LogP contribution in [0.3, 0.4) is 0 Å². The van der Waals surface area contributed by atoms with Crippen molar-refractivity contribution in [2.24, 2.45) is 0 Å². The van der Waals surface area contributed by atoms with E-state index in [0.29, 0.717) is 0 Å². The lowest BCUT2D eigenvalue weighted by molar-refractivity contribution is -0.153. The van der Waals surface area contributed by atoms with Crippen LogP contribution in [0.15, 0.2) is 54.6 Å². The zero-order valence-electron chi connectivity index (χ0n) is 13.9. The fourth-order valence-corrected chi connectivity index (χ4v) is 2.22. The molecule has 0 saturated carbocycles. The van der Waals surface area contributed by atoms with Crippen LogP contribution in [0.2, 0.25) is 0 Å². The second-order valence-corrected chi connectivity index (χ2v) is 6.41. The Balaban J connectivity index is 2.10. The molecule has 0 spiro atoms. The minimum absolute atomic E-state index is 0.229. The Bertz CT molecular complexity index is 697. The van der Waals surface area contributed by atoms with Crippen LogP contribution in [-0.2, 0) is 9.53 Å². The summed E-state index contributed by atoms with van der Waals surface area (Å²) in [5.41, 5.74) is 9.42. The Labute approximate surface area is 137 Å². The van der Waals surface area contributed by atoms with E-state index in [1.165, 1.54) is 0 Å². The van der Waals surface area contributed by atoms with Gasteiger partial charge in [0.1, 0.15) is 5.60 Å². The maximum atomic E-state index is 11.7. The summed E-state index contributed by atoms with van der Waals surface area (Å²) in [7, 11) is 0. The molecule has 0 aliphatic carbocycles. The van der Waals surface area contributed by atoms with Gasteiger partial charge in [0.15, 0.2) is 0 Å². The largest absolute Gasteiger partial charge is 0.460 e. The van der Waals surface area contributed by atoms with E-state index in [2.05, 4.69) is 0 Å². The van der Waals surface area contributed by atoms with Gasteiger partial charge in [0.2, 0.25) is 0 Å². The number of benzene rings is 2. The summed E-state index contributed by atoms with van der Waals surface area (Å²) in [6.07, 6.45) is 3.98. The summed E-state index contributed by atoms with van der Waals surface area (Å²) >= 11 is 0. The molecule has 0 radical (unpaired) electrons. The van der Waals surface area contributed by atoms with Gasteiger partial charge in [-0.3, -0.25) is 4.79 Å². The minimum Gasteiger partial charge on any atom is -0.460 e. The van der Waals surface area contributed by atoms with Gasteiger partial charge in [-0.1, -0.05) is 48.6 Å². The van der Waals surface area contributed by atoms with E-state index in [0.717, 1.165) is 22.4 Å². The number of esters is 1. The number of hydrogen-bond acceptors (Lipinski definition) is 3. The third-order valence-electron chi connectivity index (χ3n) is 3.18. The van der Waals surface area contributed by atoms with Gasteiger partial charge in [0, 0.05) is 11.3 Å². The predicted molar refractivity (Wildman–Crippen MR) is 95.8 cm³/mol. The highest BCUT2D eigenvalue weighted by atomic mass is 16.6. The fraction of sp³-hybridized carbons (Fsp3) is 0.250. The third kappa shape index (κ3) is 5.29. The van der Waals surface area contributed by atoms with Crippen LogP contribution in [0.1, 0.15) is 32.8 Å². The van der Waals surface area contributed by atoms with Crippen LogP contribution in [0, 0.1) is 0 Å². The van der Waals surface area contributed by atoms with Crippen LogP contribution in [0.4, 0.5) is 5.69 Å². The van der Waals surface area contributed by atoms with Gasteiger partial charge in [-0.15, -0.1) is 0 Å². The number of ether oxygens (including phenoxy) is 1. The number of carbonyl (C=O) groups is 1. The van der Waals surface area contributed by atoms with Crippen molar-refractivity contribution in [3.05, 3.63) is 60.2 Å². The van der Waals surface area contributed by atoms with E-state index < -0.39 is 5.60 Å². The first kappa shape index (κ1) is 16.8. The second-order valence-electron chi connectivity index (χ2n) is 6.41. The Kier molecular flexibility index (Phi) is 5.22. The predicted octanol–water partition coefficient (Wildman–Crippen LogP) is 4.68. The Morgan fingerprint density at radius 3 is 2.48 bits per heavy atom. The van der Waals surface area contributed by atoms with Gasteiger partial charge < -0.3 is 10.5 Å². The monoisotopic (exact) mass is 309 g/mol. The molecule has 0 aliphatic rings. The molecule has 3 nitrogen and oxygen atoms in total. The van der Waals surface area contributed by atoms with Gasteiger partial charge in [0.25, 0.3) is 0 Å². The summed E-state index contributed by atoms with van der Waals surface area (Å²) in [4.78, 5) is 11.7. The van der Waals surface area contributed by atoms with Crippen molar-refractivity contribution in [3.63, 3.8) is 0 Å². The first-order valence-corrected chi connectivity index (χ1v) is 7.68. The van der Waals surface area contributed by atoms with Crippen molar-refractivity contribution in [1.29, 1.82) is 0 Å². The number of carbonyl (C=O) groups excluding carboxylic acids is 1. The molecule has 120 valence electrons. The molecule has 0 aromatic heterocycles. The number of anilines is 1. The molecule has 0 atom stereocenters. The molecule has 2 N–H and O–H groups in total. The molecule has 0 amide bonds. The van der Waals surface area contributed by atoms with Crippen molar-refractivity contribution in [3.8, 4) is 11.1 Å². The van der Waals surface area contributed by atoms with E-state index in [9.17, 15) is 4.79 Å². The van der Waals surface area contributed by atoms with Gasteiger partial charge in [-0.2, -0.15) is 0 Å². The highest BCUT2D eigenvalue weighted by Crippen LogP contribution is 2.27. The first-order valence-electron chi connectivity index (χ1n) is 7.68. The molecular weight excluding hydrogens is 286 g/mol. The molecule has 23 heavy (non-hydrogen) atoms. The van der Waals surface area contributed by atoms with E-state index in [1.54, 1.807) is 0 Å². The summed E-state index contributed by atoms with van der Waals surface area (Å²) < 4.78 is 5.28. The lowest BCUT2D eigenvalue weighted by Gasteiger charge is -2.18. The molecule has 0 fully saturated rings. The quantitative estimate of drug-likeness (QED) is 0.659. The number of nitrogens with two attached hydrogens (primary N) is 1. The van der Waals surface area contributed by atoms with E-state index >= 15 is 0 Å². The minimum atomic E-state index is -0.452. The van der Waals surface area contributed by atoms with Crippen molar-refractivity contribution >= 4 is 17.7 Å². The standard InChI is InChI=1S/C20H23NO2/c1-20(2,3)23-19(22)11-7-8-15-12-13-18(21)17(14-15)16-9-5-4-6-10-16/h4-10,12-14H,11,21H2,1-3H3. The van der Waals surface area contributed by atoms with E-state index in [1.807, 2.05) is 81.5 Å².